The van der Waals surface area contributed by atoms with Crippen molar-refractivity contribution >= 4 is 0 Å². The Balaban J connectivity index is 2.29. The number of hydrogen-bond acceptors (Lipinski definition) is 2. The molecule has 2 rings (SSSR count). The highest BCUT2D eigenvalue weighted by atomic mass is 15.3. The van der Waals surface area contributed by atoms with E-state index in [4.69, 9.17) is 0 Å². The Kier molecular flexibility index (Phi) is 2.59. The van der Waals surface area contributed by atoms with E-state index in [9.17, 15) is 0 Å². The first kappa shape index (κ1) is 9.71. The Morgan fingerprint density at radius 1 is 1.64 bits per heavy atom. The Hall–Kier alpha value is -0.830. The van der Waals surface area contributed by atoms with Crippen LogP contribution in [0.1, 0.15) is 36.9 Å². The standard InChI is InChI=1S/C11H19N3/c1-4-10-9(5-6-12-10)11-8(2)7-13-14(11)3/h7,9-10,12H,4-6H2,1-3H3. The van der Waals surface area contributed by atoms with Gasteiger partial charge in [-0.3, -0.25) is 4.68 Å². The summed E-state index contributed by atoms with van der Waals surface area (Å²) in [5, 5.41) is 7.88. The maximum atomic E-state index is 4.32. The molecule has 1 fully saturated rings. The van der Waals surface area contributed by atoms with Crippen LogP contribution in [0, 0.1) is 6.92 Å². The third-order valence-electron chi connectivity index (χ3n) is 3.32. The van der Waals surface area contributed by atoms with E-state index in [1.54, 1.807) is 0 Å². The predicted molar refractivity (Wildman–Crippen MR) is 57.4 cm³/mol. The minimum absolute atomic E-state index is 0.643. The Bertz CT molecular complexity index is 297. The molecule has 2 atom stereocenters. The zero-order valence-electron chi connectivity index (χ0n) is 9.25. The summed E-state index contributed by atoms with van der Waals surface area (Å²) in [5.41, 5.74) is 2.75. The second-order valence-electron chi connectivity index (χ2n) is 4.20. The molecule has 1 saturated heterocycles. The van der Waals surface area contributed by atoms with Gasteiger partial charge >= 0.3 is 0 Å². The molecule has 0 amide bonds. The van der Waals surface area contributed by atoms with Gasteiger partial charge in [0.15, 0.2) is 0 Å². The smallest absolute Gasteiger partial charge is 0.0521 e. The minimum Gasteiger partial charge on any atom is -0.313 e. The molecule has 3 nitrogen and oxygen atoms in total. The SMILES string of the molecule is CCC1NCCC1c1c(C)cnn1C. The summed E-state index contributed by atoms with van der Waals surface area (Å²) in [5.74, 6) is 0.660. The number of hydrogen-bond donors (Lipinski definition) is 1. The molecule has 78 valence electrons. The van der Waals surface area contributed by atoms with Gasteiger partial charge in [0.2, 0.25) is 0 Å². The highest BCUT2D eigenvalue weighted by molar-refractivity contribution is 5.23. The molecule has 2 unspecified atom stereocenters. The summed E-state index contributed by atoms with van der Waals surface area (Å²) in [6, 6.07) is 0.643. The molecule has 1 aliphatic heterocycles. The van der Waals surface area contributed by atoms with Gasteiger partial charge in [0.05, 0.1) is 6.20 Å². The van der Waals surface area contributed by atoms with E-state index in [1.165, 1.54) is 24.1 Å². The molecule has 2 heterocycles. The van der Waals surface area contributed by atoms with Gasteiger partial charge in [0.1, 0.15) is 0 Å². The van der Waals surface area contributed by atoms with Gasteiger partial charge in [0, 0.05) is 24.7 Å². The lowest BCUT2D eigenvalue weighted by atomic mass is 9.93. The van der Waals surface area contributed by atoms with Crippen LogP contribution in [0.4, 0.5) is 0 Å². The molecule has 1 aliphatic rings. The average molecular weight is 193 g/mol. The highest BCUT2D eigenvalue weighted by Gasteiger charge is 2.29. The van der Waals surface area contributed by atoms with Crippen molar-refractivity contribution in [3.05, 3.63) is 17.5 Å². The van der Waals surface area contributed by atoms with Gasteiger partial charge in [-0.15, -0.1) is 0 Å². The van der Waals surface area contributed by atoms with Gasteiger partial charge in [-0.1, -0.05) is 6.92 Å². The van der Waals surface area contributed by atoms with E-state index in [0.717, 1.165) is 6.54 Å². The fourth-order valence-corrected chi connectivity index (χ4v) is 2.61. The quantitative estimate of drug-likeness (QED) is 0.773. The number of rotatable bonds is 2. The van der Waals surface area contributed by atoms with Crippen LogP contribution in [-0.4, -0.2) is 22.4 Å². The van der Waals surface area contributed by atoms with E-state index < -0.39 is 0 Å². The predicted octanol–water partition coefficient (Wildman–Crippen LogP) is 1.58. The van der Waals surface area contributed by atoms with Crippen LogP contribution in [-0.2, 0) is 7.05 Å². The molecule has 0 spiro atoms. The van der Waals surface area contributed by atoms with E-state index in [1.807, 2.05) is 17.9 Å². The summed E-state index contributed by atoms with van der Waals surface area (Å²) in [4.78, 5) is 0. The molecule has 1 aromatic heterocycles. The largest absolute Gasteiger partial charge is 0.313 e. The Morgan fingerprint density at radius 2 is 2.43 bits per heavy atom. The first-order valence-corrected chi connectivity index (χ1v) is 5.46. The third-order valence-corrected chi connectivity index (χ3v) is 3.32. The fourth-order valence-electron chi connectivity index (χ4n) is 2.61. The fraction of sp³-hybridized carbons (Fsp3) is 0.727. The van der Waals surface area contributed by atoms with E-state index >= 15 is 0 Å². The number of nitrogens with zero attached hydrogens (tertiary/aromatic N) is 2. The van der Waals surface area contributed by atoms with Crippen LogP contribution in [0.2, 0.25) is 0 Å². The summed E-state index contributed by atoms with van der Waals surface area (Å²) in [6.45, 7) is 5.56. The first-order valence-electron chi connectivity index (χ1n) is 5.46. The van der Waals surface area contributed by atoms with Crippen LogP contribution in [0.25, 0.3) is 0 Å². The third kappa shape index (κ3) is 1.46. The molecule has 1 aromatic rings. The zero-order chi connectivity index (χ0) is 10.1. The second kappa shape index (κ2) is 3.73. The molecule has 14 heavy (non-hydrogen) atoms. The lowest BCUT2D eigenvalue weighted by molar-refractivity contribution is 0.502. The molecule has 0 aliphatic carbocycles. The zero-order valence-corrected chi connectivity index (χ0v) is 9.25. The topological polar surface area (TPSA) is 29.9 Å². The van der Waals surface area contributed by atoms with Gasteiger partial charge in [0.25, 0.3) is 0 Å². The van der Waals surface area contributed by atoms with Crippen molar-refractivity contribution in [2.45, 2.75) is 38.6 Å². The van der Waals surface area contributed by atoms with Crippen molar-refractivity contribution in [1.82, 2.24) is 15.1 Å². The molecule has 0 aromatic carbocycles. The van der Waals surface area contributed by atoms with Crippen LogP contribution in [0.3, 0.4) is 0 Å². The highest BCUT2D eigenvalue weighted by Crippen LogP contribution is 2.30. The Labute approximate surface area is 85.5 Å². The Morgan fingerprint density at radius 3 is 3.00 bits per heavy atom. The maximum Gasteiger partial charge on any atom is 0.0521 e. The van der Waals surface area contributed by atoms with E-state index in [2.05, 4.69) is 24.3 Å². The molecule has 0 bridgehead atoms. The lowest BCUT2D eigenvalue weighted by Gasteiger charge is -2.19. The second-order valence-corrected chi connectivity index (χ2v) is 4.20. The van der Waals surface area contributed by atoms with Crippen LogP contribution < -0.4 is 5.32 Å². The molecular weight excluding hydrogens is 174 g/mol. The van der Waals surface area contributed by atoms with Crippen LogP contribution in [0.15, 0.2) is 6.20 Å². The van der Waals surface area contributed by atoms with Crippen molar-refractivity contribution in [3.8, 4) is 0 Å². The van der Waals surface area contributed by atoms with Crippen molar-refractivity contribution in [3.63, 3.8) is 0 Å². The van der Waals surface area contributed by atoms with Crippen molar-refractivity contribution in [1.29, 1.82) is 0 Å². The minimum atomic E-state index is 0.643. The van der Waals surface area contributed by atoms with Crippen LogP contribution in [0.5, 0.6) is 0 Å². The normalized spacial score (nSPS) is 27.1. The molecule has 1 N–H and O–H groups in total. The molecule has 0 radical (unpaired) electrons. The average Bonchev–Trinajstić information content (AvgIpc) is 2.73. The van der Waals surface area contributed by atoms with Gasteiger partial charge in [-0.2, -0.15) is 5.10 Å². The van der Waals surface area contributed by atoms with Crippen LogP contribution >= 0.6 is 0 Å². The van der Waals surface area contributed by atoms with Gasteiger partial charge in [-0.25, -0.2) is 0 Å². The molecule has 3 heteroatoms. The van der Waals surface area contributed by atoms with E-state index in [0.29, 0.717) is 12.0 Å². The summed E-state index contributed by atoms with van der Waals surface area (Å²) < 4.78 is 2.04. The number of nitrogens with one attached hydrogen (secondary N) is 1. The summed E-state index contributed by atoms with van der Waals surface area (Å²) in [7, 11) is 2.05. The monoisotopic (exact) mass is 193 g/mol. The maximum absolute atomic E-state index is 4.32. The van der Waals surface area contributed by atoms with Crippen molar-refractivity contribution < 1.29 is 0 Å². The van der Waals surface area contributed by atoms with Gasteiger partial charge < -0.3 is 5.32 Å². The van der Waals surface area contributed by atoms with Crippen molar-refractivity contribution in [2.24, 2.45) is 7.05 Å². The molecule has 0 saturated carbocycles. The first-order chi connectivity index (χ1) is 6.74. The summed E-state index contributed by atoms with van der Waals surface area (Å²) in [6.07, 6.45) is 4.43. The molecular formula is C11H19N3. The lowest BCUT2D eigenvalue weighted by Crippen LogP contribution is -2.26. The van der Waals surface area contributed by atoms with Crippen molar-refractivity contribution in [2.75, 3.05) is 6.54 Å². The summed E-state index contributed by atoms with van der Waals surface area (Å²) >= 11 is 0. The number of aromatic nitrogens is 2. The van der Waals surface area contributed by atoms with Gasteiger partial charge in [-0.05, 0) is 31.9 Å². The van der Waals surface area contributed by atoms with E-state index in [-0.39, 0.29) is 0 Å². The number of aryl methyl sites for hydroxylation is 2.